The highest BCUT2D eigenvalue weighted by Gasteiger charge is 2.14. The molecule has 6 nitrogen and oxygen atoms in total. The van der Waals surface area contributed by atoms with E-state index in [2.05, 4.69) is 15.3 Å². The van der Waals surface area contributed by atoms with Gasteiger partial charge in [-0.2, -0.15) is 0 Å². The molecule has 0 saturated heterocycles. The predicted molar refractivity (Wildman–Crippen MR) is 99.8 cm³/mol. The number of amides is 1. The first-order chi connectivity index (χ1) is 12.0. The van der Waals surface area contributed by atoms with Gasteiger partial charge in [-0.15, -0.1) is 0 Å². The molecule has 2 N–H and O–H groups in total. The summed E-state index contributed by atoms with van der Waals surface area (Å²) in [6.45, 7) is 3.83. The van der Waals surface area contributed by atoms with Crippen molar-refractivity contribution in [2.24, 2.45) is 7.05 Å². The SMILES string of the molecule is Cc1cc2nc(SCC(=O)N[C@@H](C)c3ccccc3)n(C)c(=O)c2[nH]1. The minimum absolute atomic E-state index is 0.0686. The van der Waals surface area contributed by atoms with Gasteiger partial charge in [-0.25, -0.2) is 4.98 Å². The first-order valence-corrected chi connectivity index (χ1v) is 8.97. The molecule has 1 aromatic carbocycles. The Balaban J connectivity index is 1.69. The van der Waals surface area contributed by atoms with Gasteiger partial charge in [-0.05, 0) is 25.5 Å². The summed E-state index contributed by atoms with van der Waals surface area (Å²) in [4.78, 5) is 32.1. The van der Waals surface area contributed by atoms with Crippen molar-refractivity contribution < 1.29 is 4.79 Å². The molecule has 25 heavy (non-hydrogen) atoms. The van der Waals surface area contributed by atoms with E-state index in [1.165, 1.54) is 16.3 Å². The zero-order valence-corrected chi connectivity index (χ0v) is 15.2. The second kappa shape index (κ2) is 7.14. The number of hydrogen-bond donors (Lipinski definition) is 2. The lowest BCUT2D eigenvalue weighted by Gasteiger charge is -2.14. The Morgan fingerprint density at radius 1 is 1.36 bits per heavy atom. The quantitative estimate of drug-likeness (QED) is 0.544. The van der Waals surface area contributed by atoms with Gasteiger partial charge in [0.2, 0.25) is 5.91 Å². The van der Waals surface area contributed by atoms with Gasteiger partial charge in [0.1, 0.15) is 5.52 Å². The number of rotatable bonds is 5. The van der Waals surface area contributed by atoms with Gasteiger partial charge in [-0.3, -0.25) is 14.2 Å². The lowest BCUT2D eigenvalue weighted by molar-refractivity contribution is -0.119. The van der Waals surface area contributed by atoms with E-state index in [4.69, 9.17) is 0 Å². The van der Waals surface area contributed by atoms with E-state index in [0.29, 0.717) is 16.2 Å². The molecule has 1 amide bonds. The summed E-state index contributed by atoms with van der Waals surface area (Å²) in [7, 11) is 1.66. The fraction of sp³-hybridized carbons (Fsp3) is 0.278. The molecule has 2 aromatic heterocycles. The van der Waals surface area contributed by atoms with Gasteiger partial charge in [0.25, 0.3) is 5.56 Å². The van der Waals surface area contributed by atoms with Gasteiger partial charge in [0, 0.05) is 12.7 Å². The number of aromatic nitrogens is 3. The Labute approximate surface area is 149 Å². The maximum Gasteiger partial charge on any atom is 0.278 e. The third-order valence-corrected chi connectivity index (χ3v) is 4.99. The summed E-state index contributed by atoms with van der Waals surface area (Å²) >= 11 is 1.26. The van der Waals surface area contributed by atoms with Gasteiger partial charge in [-0.1, -0.05) is 42.1 Å². The molecular formula is C18H20N4O2S. The van der Waals surface area contributed by atoms with Gasteiger partial charge < -0.3 is 10.3 Å². The molecule has 0 fully saturated rings. The largest absolute Gasteiger partial charge is 0.353 e. The van der Waals surface area contributed by atoms with Crippen molar-refractivity contribution >= 4 is 28.7 Å². The zero-order chi connectivity index (χ0) is 18.0. The molecule has 7 heteroatoms. The number of fused-ring (bicyclic) bond motifs is 1. The highest BCUT2D eigenvalue weighted by Crippen LogP contribution is 2.18. The highest BCUT2D eigenvalue weighted by atomic mass is 32.2. The highest BCUT2D eigenvalue weighted by molar-refractivity contribution is 7.99. The molecule has 3 rings (SSSR count). The summed E-state index contributed by atoms with van der Waals surface area (Å²) < 4.78 is 1.47. The summed E-state index contributed by atoms with van der Waals surface area (Å²) in [5, 5.41) is 3.49. The molecule has 2 heterocycles. The van der Waals surface area contributed by atoms with Crippen molar-refractivity contribution in [2.45, 2.75) is 25.0 Å². The molecule has 0 spiro atoms. The van der Waals surface area contributed by atoms with E-state index < -0.39 is 0 Å². The Kier molecular flexibility index (Phi) is 4.94. The number of benzene rings is 1. The number of hydrogen-bond acceptors (Lipinski definition) is 4. The van der Waals surface area contributed by atoms with Crippen LogP contribution in [-0.2, 0) is 11.8 Å². The molecular weight excluding hydrogens is 336 g/mol. The van der Waals surface area contributed by atoms with Crippen LogP contribution in [0.25, 0.3) is 11.0 Å². The Morgan fingerprint density at radius 2 is 2.08 bits per heavy atom. The van der Waals surface area contributed by atoms with E-state index in [9.17, 15) is 9.59 Å². The molecule has 0 aliphatic rings. The summed E-state index contributed by atoms with van der Waals surface area (Å²) in [5.41, 5.74) is 2.91. The Morgan fingerprint density at radius 3 is 2.80 bits per heavy atom. The normalized spacial score (nSPS) is 12.3. The first kappa shape index (κ1) is 17.3. The molecule has 0 unspecified atom stereocenters. The van der Waals surface area contributed by atoms with Crippen LogP contribution in [-0.4, -0.2) is 26.2 Å². The fourth-order valence-corrected chi connectivity index (χ4v) is 3.41. The molecule has 0 saturated carbocycles. The standard InChI is InChI=1S/C18H20N4O2S/c1-11-9-14-16(19-11)17(24)22(3)18(21-14)25-10-15(23)20-12(2)13-7-5-4-6-8-13/h4-9,12,19H,10H2,1-3H3,(H,20,23)/t12-/m0/s1. The smallest absolute Gasteiger partial charge is 0.278 e. The number of carbonyl (C=O) groups is 1. The number of nitrogens with zero attached hydrogens (tertiary/aromatic N) is 2. The van der Waals surface area contributed by atoms with Crippen molar-refractivity contribution in [1.82, 2.24) is 19.9 Å². The van der Waals surface area contributed by atoms with E-state index >= 15 is 0 Å². The van der Waals surface area contributed by atoms with Crippen molar-refractivity contribution in [3.05, 3.63) is 58.0 Å². The minimum atomic E-state index is -0.140. The average molecular weight is 356 g/mol. The molecule has 3 aromatic rings. The number of aryl methyl sites for hydroxylation is 1. The zero-order valence-electron chi connectivity index (χ0n) is 14.4. The van der Waals surface area contributed by atoms with E-state index in [0.717, 1.165) is 11.3 Å². The summed E-state index contributed by atoms with van der Waals surface area (Å²) in [6.07, 6.45) is 0. The second-order valence-corrected chi connectivity index (χ2v) is 6.90. The van der Waals surface area contributed by atoms with Crippen molar-refractivity contribution in [2.75, 3.05) is 5.75 Å². The minimum Gasteiger partial charge on any atom is -0.353 e. The summed E-state index contributed by atoms with van der Waals surface area (Å²) in [6, 6.07) is 11.6. The Bertz CT molecular complexity index is 962. The fourth-order valence-electron chi connectivity index (χ4n) is 2.63. The first-order valence-electron chi connectivity index (χ1n) is 7.99. The van der Waals surface area contributed by atoms with E-state index in [-0.39, 0.29) is 23.3 Å². The number of carbonyl (C=O) groups excluding carboxylic acids is 1. The average Bonchev–Trinajstić information content (AvgIpc) is 2.98. The molecule has 0 radical (unpaired) electrons. The van der Waals surface area contributed by atoms with Crippen molar-refractivity contribution in [1.29, 1.82) is 0 Å². The Hall–Kier alpha value is -2.54. The number of H-pyrrole nitrogens is 1. The number of thioether (sulfide) groups is 1. The molecule has 130 valence electrons. The van der Waals surface area contributed by atoms with Crippen LogP contribution in [0, 0.1) is 6.92 Å². The molecule has 0 aliphatic carbocycles. The monoisotopic (exact) mass is 356 g/mol. The predicted octanol–water partition coefficient (Wildman–Crippen LogP) is 2.54. The molecule has 0 bridgehead atoms. The van der Waals surface area contributed by atoms with Crippen LogP contribution < -0.4 is 10.9 Å². The summed E-state index contributed by atoms with van der Waals surface area (Å²) in [5.74, 6) is 0.104. The topological polar surface area (TPSA) is 79.8 Å². The van der Waals surface area contributed by atoms with Crippen LogP contribution in [0.3, 0.4) is 0 Å². The lowest BCUT2D eigenvalue weighted by atomic mass is 10.1. The number of nitrogens with one attached hydrogen (secondary N) is 2. The number of aromatic amines is 1. The maximum absolute atomic E-state index is 12.3. The lowest BCUT2D eigenvalue weighted by Crippen LogP contribution is -2.28. The van der Waals surface area contributed by atoms with Crippen LogP contribution in [0.4, 0.5) is 0 Å². The van der Waals surface area contributed by atoms with Crippen LogP contribution in [0.1, 0.15) is 24.2 Å². The second-order valence-electron chi connectivity index (χ2n) is 5.96. The van der Waals surface area contributed by atoms with Crippen LogP contribution in [0.2, 0.25) is 0 Å². The third kappa shape index (κ3) is 3.76. The molecule has 0 aliphatic heterocycles. The van der Waals surface area contributed by atoms with Crippen LogP contribution >= 0.6 is 11.8 Å². The van der Waals surface area contributed by atoms with Gasteiger partial charge >= 0.3 is 0 Å². The maximum atomic E-state index is 12.3. The van der Waals surface area contributed by atoms with E-state index in [1.54, 1.807) is 7.05 Å². The van der Waals surface area contributed by atoms with E-state index in [1.807, 2.05) is 50.2 Å². The van der Waals surface area contributed by atoms with Gasteiger partial charge in [0.05, 0.1) is 17.3 Å². The van der Waals surface area contributed by atoms with Crippen molar-refractivity contribution in [3.8, 4) is 0 Å². The molecule has 1 atom stereocenters. The van der Waals surface area contributed by atoms with Crippen LogP contribution in [0.15, 0.2) is 46.3 Å². The van der Waals surface area contributed by atoms with Gasteiger partial charge in [0.15, 0.2) is 5.16 Å². The van der Waals surface area contributed by atoms with Crippen LogP contribution in [0.5, 0.6) is 0 Å². The third-order valence-electron chi connectivity index (χ3n) is 3.96. The van der Waals surface area contributed by atoms with Crippen molar-refractivity contribution in [3.63, 3.8) is 0 Å².